The summed E-state index contributed by atoms with van der Waals surface area (Å²) in [5, 5.41) is 1.07. The Morgan fingerprint density at radius 1 is 1.06 bits per heavy atom. The van der Waals surface area contributed by atoms with E-state index < -0.39 is 0 Å². The number of nitrogens with zero attached hydrogens (tertiary/aromatic N) is 4. The van der Waals surface area contributed by atoms with Gasteiger partial charge in [-0.3, -0.25) is 9.59 Å². The zero-order valence-corrected chi connectivity index (χ0v) is 20.4. The van der Waals surface area contributed by atoms with Gasteiger partial charge in [-0.25, -0.2) is 4.98 Å². The van der Waals surface area contributed by atoms with Crippen LogP contribution in [0.15, 0.2) is 42.5 Å². The molecule has 1 unspecified atom stereocenters. The predicted molar refractivity (Wildman–Crippen MR) is 135 cm³/mol. The number of aryl methyl sites for hydroxylation is 1. The minimum Gasteiger partial charge on any atom is -0.494 e. The average molecular weight is 489 g/mol. The summed E-state index contributed by atoms with van der Waals surface area (Å²) in [5.74, 6) is 2.59. The van der Waals surface area contributed by atoms with Crippen molar-refractivity contribution in [2.75, 3.05) is 56.4 Å². The van der Waals surface area contributed by atoms with Gasteiger partial charge in [0, 0.05) is 56.3 Å². The van der Waals surface area contributed by atoms with Crippen molar-refractivity contribution in [3.05, 3.63) is 48.0 Å². The number of methoxy groups -OCH3 is 1. The Hall–Kier alpha value is -4.01. The Balaban J connectivity index is 1.12. The van der Waals surface area contributed by atoms with Crippen molar-refractivity contribution in [1.82, 2.24) is 9.88 Å². The molecule has 0 radical (unpaired) electrons. The number of hydrogen-bond acceptors (Lipinski definition) is 7. The van der Waals surface area contributed by atoms with Crippen molar-refractivity contribution in [1.29, 1.82) is 0 Å². The van der Waals surface area contributed by atoms with Crippen molar-refractivity contribution in [2.45, 2.75) is 13.3 Å². The summed E-state index contributed by atoms with van der Waals surface area (Å²) in [6, 6.07) is 13.5. The van der Waals surface area contributed by atoms with Crippen LogP contribution in [-0.4, -0.2) is 68.3 Å². The van der Waals surface area contributed by atoms with Gasteiger partial charge in [0.15, 0.2) is 11.5 Å². The number of carbonyl (C=O) groups excluding carboxylic acids is 2. The Morgan fingerprint density at radius 3 is 2.67 bits per heavy atom. The molecular formula is C27H28N4O5. The number of aromatic nitrogens is 1. The highest BCUT2D eigenvalue weighted by atomic mass is 16.7. The molecule has 0 N–H and O–H groups in total. The summed E-state index contributed by atoms with van der Waals surface area (Å²) in [6.07, 6.45) is 0.221. The van der Waals surface area contributed by atoms with Gasteiger partial charge >= 0.3 is 0 Å². The van der Waals surface area contributed by atoms with Gasteiger partial charge in [0.25, 0.3) is 0 Å². The molecule has 2 amide bonds. The van der Waals surface area contributed by atoms with Gasteiger partial charge in [0.05, 0.1) is 13.0 Å². The van der Waals surface area contributed by atoms with Crippen LogP contribution in [-0.2, 0) is 9.59 Å². The first-order chi connectivity index (χ1) is 17.5. The quantitative estimate of drug-likeness (QED) is 0.558. The SMILES string of the molecule is COc1cccc2c(C)cc(N3CCN(C(=O)C4CC(=O)N(c5ccc6c(c5)OCO6)C4)CC3)nc12. The minimum atomic E-state index is -0.347. The zero-order valence-electron chi connectivity index (χ0n) is 20.4. The van der Waals surface area contributed by atoms with E-state index in [1.54, 1.807) is 24.1 Å². The third-order valence-electron chi connectivity index (χ3n) is 7.27. The molecule has 1 atom stereocenters. The first-order valence-corrected chi connectivity index (χ1v) is 12.2. The van der Waals surface area contributed by atoms with Crippen LogP contribution < -0.4 is 24.0 Å². The monoisotopic (exact) mass is 488 g/mol. The third kappa shape index (κ3) is 3.84. The van der Waals surface area contributed by atoms with E-state index in [2.05, 4.69) is 24.0 Å². The molecule has 0 saturated carbocycles. The minimum absolute atomic E-state index is 0.0376. The highest BCUT2D eigenvalue weighted by Crippen LogP contribution is 2.37. The molecule has 1 aromatic heterocycles. The first kappa shape index (κ1) is 22.5. The number of fused-ring (bicyclic) bond motifs is 2. The summed E-state index contributed by atoms with van der Waals surface area (Å²) in [7, 11) is 1.66. The Morgan fingerprint density at radius 2 is 1.86 bits per heavy atom. The fraction of sp³-hybridized carbons (Fsp3) is 0.370. The van der Waals surface area contributed by atoms with Gasteiger partial charge < -0.3 is 28.9 Å². The molecular weight excluding hydrogens is 460 g/mol. The fourth-order valence-electron chi connectivity index (χ4n) is 5.29. The maximum atomic E-state index is 13.3. The summed E-state index contributed by atoms with van der Waals surface area (Å²) < 4.78 is 16.3. The number of anilines is 2. The smallest absolute Gasteiger partial charge is 0.231 e. The molecule has 0 bridgehead atoms. The number of ether oxygens (including phenoxy) is 3. The van der Waals surface area contributed by atoms with E-state index in [-0.39, 0.29) is 30.9 Å². The molecule has 9 nitrogen and oxygen atoms in total. The number of pyridine rings is 1. The van der Waals surface area contributed by atoms with Gasteiger partial charge in [0.1, 0.15) is 17.1 Å². The number of rotatable bonds is 4. The highest BCUT2D eigenvalue weighted by Gasteiger charge is 2.38. The van der Waals surface area contributed by atoms with Crippen molar-refractivity contribution < 1.29 is 23.8 Å². The number of piperazine rings is 1. The Bertz CT molecular complexity index is 1350. The second kappa shape index (κ2) is 8.89. The topological polar surface area (TPSA) is 84.4 Å². The summed E-state index contributed by atoms with van der Waals surface area (Å²) >= 11 is 0. The van der Waals surface area contributed by atoms with E-state index >= 15 is 0 Å². The highest BCUT2D eigenvalue weighted by molar-refractivity contribution is 6.00. The van der Waals surface area contributed by atoms with Gasteiger partial charge in [-0.1, -0.05) is 12.1 Å². The molecule has 36 heavy (non-hydrogen) atoms. The molecule has 3 aliphatic rings. The van der Waals surface area contributed by atoms with Crippen LogP contribution in [0.5, 0.6) is 17.2 Å². The van der Waals surface area contributed by atoms with E-state index in [0.29, 0.717) is 44.2 Å². The molecule has 6 rings (SSSR count). The molecule has 9 heteroatoms. The lowest BCUT2D eigenvalue weighted by Crippen LogP contribution is -2.51. The lowest BCUT2D eigenvalue weighted by atomic mass is 10.1. The molecule has 4 heterocycles. The van der Waals surface area contributed by atoms with Crippen LogP contribution in [0.3, 0.4) is 0 Å². The molecule has 3 aromatic rings. The normalized spacial score (nSPS) is 19.3. The number of hydrogen-bond donors (Lipinski definition) is 0. The average Bonchev–Trinajstić information content (AvgIpc) is 3.54. The lowest BCUT2D eigenvalue weighted by Gasteiger charge is -2.36. The van der Waals surface area contributed by atoms with Crippen molar-refractivity contribution in [2.24, 2.45) is 5.92 Å². The second-order valence-electron chi connectivity index (χ2n) is 9.41. The Kier molecular flexibility index (Phi) is 5.55. The van der Waals surface area contributed by atoms with Crippen LogP contribution in [0.2, 0.25) is 0 Å². The summed E-state index contributed by atoms with van der Waals surface area (Å²) in [4.78, 5) is 36.7. The zero-order chi connectivity index (χ0) is 24.8. The molecule has 186 valence electrons. The second-order valence-corrected chi connectivity index (χ2v) is 9.41. The van der Waals surface area contributed by atoms with E-state index in [4.69, 9.17) is 19.2 Å². The largest absolute Gasteiger partial charge is 0.494 e. The molecule has 2 fully saturated rings. The van der Waals surface area contributed by atoms with Crippen LogP contribution >= 0.6 is 0 Å². The standard InChI is InChI=1S/C27H28N4O5/c1-17-12-24(28-26-20(17)4-3-5-22(26)34-2)29-8-10-30(11-9-29)27(33)18-13-25(32)31(15-18)19-6-7-21-23(14-19)36-16-35-21/h3-7,12,14,18H,8-11,13,15-16H2,1-2H3. The van der Waals surface area contributed by atoms with E-state index in [9.17, 15) is 9.59 Å². The molecule has 2 aromatic carbocycles. The van der Waals surface area contributed by atoms with E-state index in [0.717, 1.165) is 33.7 Å². The number of carbonyl (C=O) groups is 2. The van der Waals surface area contributed by atoms with E-state index in [1.807, 2.05) is 23.1 Å². The van der Waals surface area contributed by atoms with Crippen molar-refractivity contribution in [3.8, 4) is 17.2 Å². The predicted octanol–water partition coefficient (Wildman–Crippen LogP) is 2.98. The van der Waals surface area contributed by atoms with Crippen LogP contribution in [0.25, 0.3) is 10.9 Å². The van der Waals surface area contributed by atoms with Crippen molar-refractivity contribution >= 4 is 34.2 Å². The number of benzene rings is 2. The molecule has 0 spiro atoms. The van der Waals surface area contributed by atoms with E-state index in [1.165, 1.54) is 0 Å². The fourth-order valence-corrected chi connectivity index (χ4v) is 5.29. The molecule has 2 saturated heterocycles. The Labute approximate surface area is 209 Å². The third-order valence-corrected chi connectivity index (χ3v) is 7.27. The number of para-hydroxylation sites is 1. The van der Waals surface area contributed by atoms with Crippen LogP contribution in [0.4, 0.5) is 11.5 Å². The molecule has 3 aliphatic heterocycles. The van der Waals surface area contributed by atoms with Gasteiger partial charge in [-0.2, -0.15) is 0 Å². The maximum Gasteiger partial charge on any atom is 0.231 e. The summed E-state index contributed by atoms with van der Waals surface area (Å²) in [6.45, 7) is 5.20. The van der Waals surface area contributed by atoms with Crippen LogP contribution in [0, 0.1) is 12.8 Å². The maximum absolute atomic E-state index is 13.3. The van der Waals surface area contributed by atoms with Gasteiger partial charge in [-0.15, -0.1) is 0 Å². The van der Waals surface area contributed by atoms with Crippen molar-refractivity contribution in [3.63, 3.8) is 0 Å². The first-order valence-electron chi connectivity index (χ1n) is 12.2. The number of amides is 2. The van der Waals surface area contributed by atoms with Gasteiger partial charge in [-0.05, 0) is 36.8 Å². The lowest BCUT2D eigenvalue weighted by molar-refractivity contribution is -0.136. The van der Waals surface area contributed by atoms with Gasteiger partial charge in [0.2, 0.25) is 18.6 Å². The van der Waals surface area contributed by atoms with Crippen LogP contribution in [0.1, 0.15) is 12.0 Å². The summed E-state index contributed by atoms with van der Waals surface area (Å²) in [5.41, 5.74) is 2.72. The molecule has 0 aliphatic carbocycles.